The Morgan fingerprint density at radius 3 is 2.00 bits per heavy atom. The third-order valence-electron chi connectivity index (χ3n) is 6.06. The second-order valence-corrected chi connectivity index (χ2v) is 7.29. The summed E-state index contributed by atoms with van der Waals surface area (Å²) < 4.78 is 5.06. The fourth-order valence-electron chi connectivity index (χ4n) is 4.95. The normalized spacial score (nSPS) is 23.6. The molecule has 1 unspecified atom stereocenters. The predicted molar refractivity (Wildman–Crippen MR) is 107 cm³/mol. The number of ether oxygens (including phenoxy) is 1. The Labute approximate surface area is 164 Å². The van der Waals surface area contributed by atoms with E-state index >= 15 is 0 Å². The van der Waals surface area contributed by atoms with Gasteiger partial charge in [-0.25, -0.2) is 0 Å². The van der Waals surface area contributed by atoms with Gasteiger partial charge in [0.1, 0.15) is 6.04 Å². The van der Waals surface area contributed by atoms with Crippen molar-refractivity contribution >= 4 is 5.97 Å². The minimum Gasteiger partial charge on any atom is -0.468 e. The van der Waals surface area contributed by atoms with E-state index in [0.29, 0.717) is 0 Å². The minimum atomic E-state index is -0.638. The van der Waals surface area contributed by atoms with Crippen molar-refractivity contribution in [2.24, 2.45) is 0 Å². The van der Waals surface area contributed by atoms with Crippen LogP contribution in [-0.4, -0.2) is 41.8 Å². The Kier molecular flexibility index (Phi) is 3.86. The van der Waals surface area contributed by atoms with Gasteiger partial charge in [-0.3, -0.25) is 9.69 Å². The molecule has 0 bridgehead atoms. The summed E-state index contributed by atoms with van der Waals surface area (Å²) >= 11 is 0. The highest BCUT2D eigenvalue weighted by molar-refractivity contribution is 5.86. The molecule has 1 aliphatic carbocycles. The van der Waals surface area contributed by atoms with Crippen LogP contribution < -0.4 is 0 Å². The van der Waals surface area contributed by atoms with Crippen molar-refractivity contribution in [2.75, 3.05) is 13.7 Å². The highest BCUT2D eigenvalue weighted by Crippen LogP contribution is 2.59. The zero-order valence-electron chi connectivity index (χ0n) is 15.6. The molecule has 0 spiro atoms. The van der Waals surface area contributed by atoms with Crippen molar-refractivity contribution in [1.82, 2.24) is 4.90 Å². The van der Waals surface area contributed by atoms with E-state index in [1.54, 1.807) is 0 Å². The SMILES string of the molecule is COC(=O)[C@@H]1[C@H](CO)N1C1(c2ccccc2)c2ccccc2-c2ccccc21. The standard InChI is InChI=1S/C24H21NO3/c1-28-23(27)22-21(15-26)25(22)24(16-9-3-2-4-10-16)19-13-7-5-11-17(19)18-12-6-8-14-20(18)24/h2-14,21-22,26H,15H2,1H3/t21-,22-,25?/m0/s1. The molecule has 5 rings (SSSR count). The van der Waals surface area contributed by atoms with Gasteiger partial charge in [-0.15, -0.1) is 0 Å². The number of methoxy groups -OCH3 is 1. The number of esters is 1. The first-order valence-electron chi connectivity index (χ1n) is 9.47. The van der Waals surface area contributed by atoms with Gasteiger partial charge in [-0.1, -0.05) is 78.9 Å². The summed E-state index contributed by atoms with van der Waals surface area (Å²) in [7, 11) is 1.40. The molecule has 1 fully saturated rings. The maximum atomic E-state index is 12.5. The fraction of sp³-hybridized carbons (Fsp3) is 0.208. The third kappa shape index (κ3) is 2.10. The molecule has 0 aromatic heterocycles. The fourth-order valence-corrected chi connectivity index (χ4v) is 4.95. The number of hydrogen-bond donors (Lipinski definition) is 1. The molecular weight excluding hydrogens is 350 g/mol. The number of fused-ring (bicyclic) bond motifs is 3. The summed E-state index contributed by atoms with van der Waals surface area (Å²) in [5.74, 6) is -0.309. The molecule has 3 atom stereocenters. The van der Waals surface area contributed by atoms with Crippen LogP contribution in [0.15, 0.2) is 78.9 Å². The van der Waals surface area contributed by atoms with E-state index in [1.807, 2.05) is 42.5 Å². The zero-order chi connectivity index (χ0) is 19.3. The Bertz CT molecular complexity index is 1000. The molecule has 1 heterocycles. The van der Waals surface area contributed by atoms with E-state index in [9.17, 15) is 9.90 Å². The summed E-state index contributed by atoms with van der Waals surface area (Å²) in [6, 6.07) is 26.1. The summed E-state index contributed by atoms with van der Waals surface area (Å²) in [6.45, 7) is -0.0985. The monoisotopic (exact) mass is 371 g/mol. The first kappa shape index (κ1) is 17.2. The number of aliphatic hydroxyl groups is 1. The van der Waals surface area contributed by atoms with Crippen LogP contribution in [0.1, 0.15) is 16.7 Å². The third-order valence-corrected chi connectivity index (χ3v) is 6.06. The van der Waals surface area contributed by atoms with Crippen molar-refractivity contribution in [3.8, 4) is 11.1 Å². The molecule has 0 amide bonds. The molecule has 4 heteroatoms. The Morgan fingerprint density at radius 2 is 1.46 bits per heavy atom. The van der Waals surface area contributed by atoms with Crippen LogP contribution >= 0.6 is 0 Å². The van der Waals surface area contributed by atoms with Gasteiger partial charge >= 0.3 is 5.97 Å². The van der Waals surface area contributed by atoms with Gasteiger partial charge in [-0.2, -0.15) is 0 Å². The maximum Gasteiger partial charge on any atom is 0.324 e. The van der Waals surface area contributed by atoms with Crippen molar-refractivity contribution in [3.05, 3.63) is 95.6 Å². The molecule has 1 aliphatic heterocycles. The molecule has 1 saturated heterocycles. The smallest absolute Gasteiger partial charge is 0.324 e. The minimum absolute atomic E-state index is 0.0985. The van der Waals surface area contributed by atoms with E-state index in [2.05, 4.69) is 41.3 Å². The lowest BCUT2D eigenvalue weighted by atomic mass is 9.80. The van der Waals surface area contributed by atoms with Crippen molar-refractivity contribution in [3.63, 3.8) is 0 Å². The molecule has 3 aromatic carbocycles. The molecule has 28 heavy (non-hydrogen) atoms. The first-order chi connectivity index (χ1) is 13.7. The van der Waals surface area contributed by atoms with Gasteiger partial charge in [0.15, 0.2) is 0 Å². The predicted octanol–water partition coefficient (Wildman–Crippen LogP) is 3.18. The lowest BCUT2D eigenvalue weighted by Crippen LogP contribution is -2.39. The lowest BCUT2D eigenvalue weighted by Gasteiger charge is -2.35. The van der Waals surface area contributed by atoms with Gasteiger partial charge in [0.25, 0.3) is 0 Å². The molecule has 0 radical (unpaired) electrons. The molecule has 0 saturated carbocycles. The molecule has 3 aromatic rings. The van der Waals surface area contributed by atoms with Gasteiger partial charge in [0.2, 0.25) is 0 Å². The van der Waals surface area contributed by atoms with Gasteiger partial charge in [-0.05, 0) is 27.8 Å². The van der Waals surface area contributed by atoms with E-state index in [4.69, 9.17) is 4.74 Å². The average Bonchev–Trinajstić information content (AvgIpc) is 3.42. The van der Waals surface area contributed by atoms with E-state index < -0.39 is 11.6 Å². The van der Waals surface area contributed by atoms with Crippen molar-refractivity contribution < 1.29 is 14.6 Å². The summed E-state index contributed by atoms with van der Waals surface area (Å²) in [4.78, 5) is 14.6. The van der Waals surface area contributed by atoms with Gasteiger partial charge in [0, 0.05) is 0 Å². The quantitative estimate of drug-likeness (QED) is 0.565. The number of nitrogens with zero attached hydrogens (tertiary/aromatic N) is 1. The second-order valence-electron chi connectivity index (χ2n) is 7.29. The zero-order valence-corrected chi connectivity index (χ0v) is 15.6. The van der Waals surface area contributed by atoms with Crippen LogP contribution in [0.5, 0.6) is 0 Å². The number of aliphatic hydroxyl groups excluding tert-OH is 1. The summed E-state index contributed by atoms with van der Waals surface area (Å²) in [6.07, 6.45) is 0. The number of hydrogen-bond acceptors (Lipinski definition) is 4. The molecule has 1 N–H and O–H groups in total. The van der Waals surface area contributed by atoms with Gasteiger partial charge in [0.05, 0.1) is 25.3 Å². The van der Waals surface area contributed by atoms with Gasteiger partial charge < -0.3 is 9.84 Å². The number of rotatable bonds is 4. The highest BCUT2D eigenvalue weighted by atomic mass is 16.5. The van der Waals surface area contributed by atoms with Crippen LogP contribution in [-0.2, 0) is 15.1 Å². The van der Waals surface area contributed by atoms with E-state index in [-0.39, 0.29) is 18.6 Å². The van der Waals surface area contributed by atoms with Crippen molar-refractivity contribution in [1.29, 1.82) is 0 Å². The second kappa shape index (κ2) is 6.30. The topological polar surface area (TPSA) is 49.5 Å². The van der Waals surface area contributed by atoms with Crippen LogP contribution in [0.2, 0.25) is 0 Å². The Balaban J connectivity index is 1.84. The Morgan fingerprint density at radius 1 is 0.929 bits per heavy atom. The van der Waals surface area contributed by atoms with Crippen LogP contribution in [0, 0.1) is 0 Å². The average molecular weight is 371 g/mol. The van der Waals surface area contributed by atoms with Crippen LogP contribution in [0.25, 0.3) is 11.1 Å². The van der Waals surface area contributed by atoms with Crippen LogP contribution in [0.3, 0.4) is 0 Å². The molecule has 140 valence electrons. The Hall–Kier alpha value is -2.95. The molecule has 2 aliphatic rings. The van der Waals surface area contributed by atoms with E-state index in [0.717, 1.165) is 27.8 Å². The van der Waals surface area contributed by atoms with Crippen LogP contribution in [0.4, 0.5) is 0 Å². The van der Waals surface area contributed by atoms with Crippen molar-refractivity contribution in [2.45, 2.75) is 17.6 Å². The molecule has 4 nitrogen and oxygen atoms in total. The number of carbonyl (C=O) groups excluding carboxylic acids is 1. The summed E-state index contributed by atoms with van der Waals surface area (Å²) in [5.41, 5.74) is 5.03. The largest absolute Gasteiger partial charge is 0.468 e. The first-order valence-corrected chi connectivity index (χ1v) is 9.47. The van der Waals surface area contributed by atoms with E-state index in [1.165, 1.54) is 7.11 Å². The highest BCUT2D eigenvalue weighted by Gasteiger charge is 2.65. The number of carbonyl (C=O) groups is 1. The maximum absolute atomic E-state index is 12.5. The lowest BCUT2D eigenvalue weighted by molar-refractivity contribution is -0.141. The molecular formula is C24H21NO3. The summed E-state index contributed by atoms with van der Waals surface area (Å²) in [5, 5.41) is 10.1. The number of benzene rings is 3.